The van der Waals surface area contributed by atoms with E-state index in [1.165, 1.54) is 6.07 Å². The van der Waals surface area contributed by atoms with E-state index in [2.05, 4.69) is 9.97 Å². The maximum atomic E-state index is 13.5. The molecule has 1 N–H and O–H groups in total. The van der Waals surface area contributed by atoms with Gasteiger partial charge in [-0.05, 0) is 68.4 Å². The number of alkyl halides is 3. The SMILES string of the molecule is CC1(C)C(=O)N(c2ccc(C#N)c(C(F)(F)F)c2)C(=S)N1c1ccc(CCc2ncc[nH]2)cc1. The fourth-order valence-electron chi connectivity index (χ4n) is 3.97. The molecule has 0 bridgehead atoms. The van der Waals surface area contributed by atoms with Crippen LogP contribution in [0, 0.1) is 11.3 Å². The van der Waals surface area contributed by atoms with Crippen molar-refractivity contribution in [3.8, 4) is 6.07 Å². The minimum Gasteiger partial charge on any atom is -0.349 e. The number of halogens is 3. The highest BCUT2D eigenvalue weighted by molar-refractivity contribution is 7.81. The third-order valence-electron chi connectivity index (χ3n) is 5.76. The standard InChI is InChI=1S/C24H20F3N5OS/c1-23(2)21(33)31(18-9-6-16(14-28)19(13-18)24(25,26)27)22(34)32(23)17-7-3-15(4-8-17)5-10-20-29-11-12-30-20/h3-4,6-9,11-13H,5,10H2,1-2H3,(H,29,30). The van der Waals surface area contributed by atoms with Gasteiger partial charge < -0.3 is 9.88 Å². The summed E-state index contributed by atoms with van der Waals surface area (Å²) in [7, 11) is 0. The Bertz CT molecular complexity index is 1280. The van der Waals surface area contributed by atoms with Gasteiger partial charge >= 0.3 is 6.18 Å². The van der Waals surface area contributed by atoms with Crippen molar-refractivity contribution in [2.24, 2.45) is 0 Å². The van der Waals surface area contributed by atoms with Crippen LogP contribution in [0.1, 0.15) is 36.4 Å². The van der Waals surface area contributed by atoms with Gasteiger partial charge in [-0.2, -0.15) is 18.4 Å². The van der Waals surface area contributed by atoms with E-state index in [1.807, 2.05) is 24.3 Å². The van der Waals surface area contributed by atoms with Crippen LogP contribution >= 0.6 is 12.2 Å². The van der Waals surface area contributed by atoms with Gasteiger partial charge in [-0.15, -0.1) is 0 Å². The number of carbonyl (C=O) groups is 1. The van der Waals surface area contributed by atoms with E-state index in [-0.39, 0.29) is 10.8 Å². The lowest BCUT2D eigenvalue weighted by Gasteiger charge is -2.29. The number of hydrogen-bond acceptors (Lipinski definition) is 4. The lowest BCUT2D eigenvalue weighted by atomic mass is 10.0. The fourth-order valence-corrected chi connectivity index (χ4v) is 4.49. The van der Waals surface area contributed by atoms with Crippen LogP contribution in [0.25, 0.3) is 0 Å². The van der Waals surface area contributed by atoms with Gasteiger partial charge in [0.25, 0.3) is 5.91 Å². The molecule has 0 radical (unpaired) electrons. The number of aromatic nitrogens is 2. The Balaban J connectivity index is 1.63. The van der Waals surface area contributed by atoms with Gasteiger partial charge in [0, 0.05) is 24.5 Å². The third kappa shape index (κ3) is 4.15. The molecule has 0 aliphatic carbocycles. The Morgan fingerprint density at radius 3 is 2.38 bits per heavy atom. The Hall–Kier alpha value is -3.71. The summed E-state index contributed by atoms with van der Waals surface area (Å²) in [5.41, 5.74) is -1.08. The normalized spacial score (nSPS) is 15.6. The number of amides is 1. The number of carbonyl (C=O) groups excluding carboxylic acids is 1. The lowest BCUT2D eigenvalue weighted by molar-refractivity contribution is -0.137. The van der Waals surface area contributed by atoms with Gasteiger partial charge in [-0.3, -0.25) is 9.69 Å². The number of nitriles is 1. The number of H-pyrrole nitrogens is 1. The summed E-state index contributed by atoms with van der Waals surface area (Å²) in [6.45, 7) is 3.33. The predicted octanol–water partition coefficient (Wildman–Crippen LogP) is 5.00. The van der Waals surface area contributed by atoms with E-state index in [0.717, 1.165) is 41.3 Å². The first kappa shape index (κ1) is 23.4. The van der Waals surface area contributed by atoms with Crippen molar-refractivity contribution in [2.45, 2.75) is 38.4 Å². The fraction of sp³-hybridized carbons (Fsp3) is 0.250. The highest BCUT2D eigenvalue weighted by Gasteiger charge is 2.50. The molecule has 2 heterocycles. The van der Waals surface area contributed by atoms with Crippen molar-refractivity contribution in [3.63, 3.8) is 0 Å². The summed E-state index contributed by atoms with van der Waals surface area (Å²) in [6.07, 6.45) is 0.225. The molecule has 1 aliphatic heterocycles. The van der Waals surface area contributed by atoms with Gasteiger partial charge in [-0.25, -0.2) is 4.98 Å². The Labute approximate surface area is 199 Å². The summed E-state index contributed by atoms with van der Waals surface area (Å²) < 4.78 is 40.4. The van der Waals surface area contributed by atoms with Crippen molar-refractivity contribution in [2.75, 3.05) is 9.80 Å². The topological polar surface area (TPSA) is 76.0 Å². The predicted molar refractivity (Wildman–Crippen MR) is 125 cm³/mol. The van der Waals surface area contributed by atoms with Crippen LogP contribution in [0.4, 0.5) is 24.5 Å². The largest absolute Gasteiger partial charge is 0.417 e. The zero-order valence-corrected chi connectivity index (χ0v) is 19.2. The molecule has 1 amide bonds. The second-order valence-corrected chi connectivity index (χ2v) is 8.72. The molecule has 0 spiro atoms. The zero-order chi connectivity index (χ0) is 24.7. The summed E-state index contributed by atoms with van der Waals surface area (Å²) in [6, 6.07) is 12.2. The van der Waals surface area contributed by atoms with E-state index in [4.69, 9.17) is 17.5 Å². The van der Waals surface area contributed by atoms with Crippen molar-refractivity contribution < 1.29 is 18.0 Å². The molecular weight excluding hydrogens is 463 g/mol. The van der Waals surface area contributed by atoms with Gasteiger partial charge in [0.15, 0.2) is 5.11 Å². The number of benzene rings is 2. The number of aromatic amines is 1. The minimum atomic E-state index is -4.74. The minimum absolute atomic E-state index is 0.0352. The van der Waals surface area contributed by atoms with Crippen molar-refractivity contribution in [3.05, 3.63) is 77.4 Å². The average Bonchev–Trinajstić information content (AvgIpc) is 3.37. The highest BCUT2D eigenvalue weighted by atomic mass is 32.1. The number of hydrogen-bond donors (Lipinski definition) is 1. The molecule has 174 valence electrons. The number of nitrogens with one attached hydrogen (secondary N) is 1. The molecule has 1 saturated heterocycles. The summed E-state index contributed by atoms with van der Waals surface area (Å²) in [5, 5.41) is 9.13. The molecule has 34 heavy (non-hydrogen) atoms. The molecule has 2 aromatic carbocycles. The van der Waals surface area contributed by atoms with Crippen LogP contribution in [-0.4, -0.2) is 26.5 Å². The quantitative estimate of drug-likeness (QED) is 0.517. The van der Waals surface area contributed by atoms with Crippen LogP contribution in [0.5, 0.6) is 0 Å². The van der Waals surface area contributed by atoms with Crippen molar-refractivity contribution in [1.82, 2.24) is 9.97 Å². The summed E-state index contributed by atoms with van der Waals surface area (Å²) in [4.78, 5) is 23.3. The lowest BCUT2D eigenvalue weighted by Crippen LogP contribution is -2.44. The summed E-state index contributed by atoms with van der Waals surface area (Å²) >= 11 is 5.56. The van der Waals surface area contributed by atoms with Gasteiger partial charge in [0.2, 0.25) is 0 Å². The van der Waals surface area contributed by atoms with Gasteiger partial charge in [0.05, 0.1) is 22.9 Å². The van der Waals surface area contributed by atoms with Crippen LogP contribution in [0.2, 0.25) is 0 Å². The molecule has 0 saturated carbocycles. The first-order chi connectivity index (χ1) is 16.0. The molecule has 10 heteroatoms. The monoisotopic (exact) mass is 483 g/mol. The van der Waals surface area contributed by atoms with E-state index in [1.54, 1.807) is 37.2 Å². The molecule has 1 fully saturated rings. The molecule has 6 nitrogen and oxygen atoms in total. The molecule has 4 rings (SSSR count). The second kappa shape index (κ2) is 8.57. The second-order valence-electron chi connectivity index (χ2n) is 8.36. The maximum Gasteiger partial charge on any atom is 0.417 e. The van der Waals surface area contributed by atoms with E-state index >= 15 is 0 Å². The molecule has 1 aromatic heterocycles. The van der Waals surface area contributed by atoms with Gasteiger partial charge in [-0.1, -0.05) is 12.1 Å². The van der Waals surface area contributed by atoms with E-state index in [0.29, 0.717) is 5.69 Å². The number of thiocarbonyl (C=S) groups is 1. The molecule has 0 unspecified atom stereocenters. The molecule has 1 aliphatic rings. The number of aryl methyl sites for hydroxylation is 2. The van der Waals surface area contributed by atoms with E-state index < -0.39 is 28.7 Å². The van der Waals surface area contributed by atoms with Crippen molar-refractivity contribution in [1.29, 1.82) is 5.26 Å². The van der Waals surface area contributed by atoms with Gasteiger partial charge in [0.1, 0.15) is 11.4 Å². The van der Waals surface area contributed by atoms with Crippen LogP contribution in [0.15, 0.2) is 54.9 Å². The molecule has 0 atom stereocenters. The molecular formula is C24H20F3N5OS. The highest BCUT2D eigenvalue weighted by Crippen LogP contribution is 2.39. The number of anilines is 2. The number of imidazole rings is 1. The van der Waals surface area contributed by atoms with E-state index in [9.17, 15) is 18.0 Å². The Morgan fingerprint density at radius 1 is 1.12 bits per heavy atom. The van der Waals surface area contributed by atoms with Crippen LogP contribution in [0.3, 0.4) is 0 Å². The maximum absolute atomic E-state index is 13.5. The van der Waals surface area contributed by atoms with Crippen LogP contribution in [-0.2, 0) is 23.8 Å². The smallest absolute Gasteiger partial charge is 0.349 e. The van der Waals surface area contributed by atoms with Crippen molar-refractivity contribution >= 4 is 34.6 Å². The average molecular weight is 484 g/mol. The number of nitrogens with zero attached hydrogens (tertiary/aromatic N) is 4. The number of rotatable bonds is 5. The van der Waals surface area contributed by atoms with Crippen LogP contribution < -0.4 is 9.80 Å². The Kier molecular flexibility index (Phi) is 5.91. The summed E-state index contributed by atoms with van der Waals surface area (Å²) in [5.74, 6) is 0.421. The first-order valence-corrected chi connectivity index (χ1v) is 10.8. The Morgan fingerprint density at radius 2 is 1.79 bits per heavy atom. The first-order valence-electron chi connectivity index (χ1n) is 10.4. The third-order valence-corrected chi connectivity index (χ3v) is 6.12. The zero-order valence-electron chi connectivity index (χ0n) is 18.3. The molecule has 3 aromatic rings.